The van der Waals surface area contributed by atoms with Crippen molar-refractivity contribution in [1.29, 1.82) is 0 Å². The molecule has 0 bridgehead atoms. The molecule has 18 heavy (non-hydrogen) atoms. The third kappa shape index (κ3) is 5.16. The molecule has 0 unspecified atom stereocenters. The molecule has 3 amide bonds. The number of amides is 3. The average Bonchev–Trinajstić information content (AvgIpc) is 2.08. The zero-order valence-electron chi connectivity index (χ0n) is 11.0. The molecule has 0 aromatic rings. The van der Waals surface area contributed by atoms with Gasteiger partial charge in [-0.2, -0.15) is 0 Å². The molecule has 1 aliphatic rings. The van der Waals surface area contributed by atoms with Gasteiger partial charge in [-0.3, -0.25) is 14.9 Å². The molecule has 6 nitrogen and oxygen atoms in total. The van der Waals surface area contributed by atoms with Gasteiger partial charge in [-0.1, -0.05) is 6.42 Å². The molecule has 1 aliphatic carbocycles. The van der Waals surface area contributed by atoms with Crippen molar-refractivity contribution < 1.29 is 19.1 Å². The second kappa shape index (κ2) is 5.84. The lowest BCUT2D eigenvalue weighted by Gasteiger charge is -2.23. The lowest BCUT2D eigenvalue weighted by atomic mass is 9.86. The zero-order chi connectivity index (χ0) is 13.8. The van der Waals surface area contributed by atoms with E-state index in [4.69, 9.17) is 4.74 Å². The fourth-order valence-electron chi connectivity index (χ4n) is 1.43. The molecule has 0 aromatic carbocycles. The highest BCUT2D eigenvalue weighted by atomic mass is 16.5. The van der Waals surface area contributed by atoms with Gasteiger partial charge in [0.15, 0.2) is 6.61 Å². The van der Waals surface area contributed by atoms with Crippen LogP contribution in [0.25, 0.3) is 0 Å². The molecule has 1 fully saturated rings. The van der Waals surface area contributed by atoms with Crippen molar-refractivity contribution in [3.63, 3.8) is 0 Å². The van der Waals surface area contributed by atoms with Crippen molar-refractivity contribution >= 4 is 17.9 Å². The third-order valence-corrected chi connectivity index (χ3v) is 2.53. The van der Waals surface area contributed by atoms with Crippen LogP contribution in [0.1, 0.15) is 40.0 Å². The van der Waals surface area contributed by atoms with E-state index in [1.807, 2.05) is 0 Å². The van der Waals surface area contributed by atoms with E-state index in [1.165, 1.54) is 0 Å². The van der Waals surface area contributed by atoms with Crippen molar-refractivity contribution in [3.8, 4) is 0 Å². The number of nitrogens with one attached hydrogen (secondary N) is 2. The molecular weight excluding hydrogens is 236 g/mol. The third-order valence-electron chi connectivity index (χ3n) is 2.53. The summed E-state index contributed by atoms with van der Waals surface area (Å²) in [6.07, 6.45) is 2.68. The second-order valence-corrected chi connectivity index (χ2v) is 5.49. The van der Waals surface area contributed by atoms with Gasteiger partial charge in [-0.15, -0.1) is 0 Å². The number of hydrogen-bond donors (Lipinski definition) is 2. The van der Waals surface area contributed by atoms with Crippen LogP contribution in [-0.2, 0) is 14.3 Å². The summed E-state index contributed by atoms with van der Waals surface area (Å²) < 4.78 is 4.81. The Morgan fingerprint density at radius 3 is 2.28 bits per heavy atom. The fourth-order valence-corrected chi connectivity index (χ4v) is 1.43. The minimum Gasteiger partial charge on any atom is -0.455 e. The van der Waals surface area contributed by atoms with Gasteiger partial charge in [0.05, 0.1) is 5.92 Å². The maximum Gasteiger partial charge on any atom is 0.321 e. The molecule has 0 spiro atoms. The van der Waals surface area contributed by atoms with Crippen LogP contribution in [0.15, 0.2) is 0 Å². The molecule has 0 radical (unpaired) electrons. The molecule has 0 saturated heterocycles. The first-order chi connectivity index (χ1) is 8.28. The van der Waals surface area contributed by atoms with Crippen LogP contribution in [0.2, 0.25) is 0 Å². The van der Waals surface area contributed by atoms with E-state index >= 15 is 0 Å². The average molecular weight is 256 g/mol. The van der Waals surface area contributed by atoms with Crippen molar-refractivity contribution in [2.24, 2.45) is 5.92 Å². The standard InChI is InChI=1S/C12H20N2O4/c1-12(2,3)14-11(17)13-9(15)7-18-10(16)8-5-4-6-8/h8H,4-7H2,1-3H3,(H2,13,14,15,17). The predicted molar refractivity (Wildman–Crippen MR) is 64.7 cm³/mol. The molecule has 2 N–H and O–H groups in total. The van der Waals surface area contributed by atoms with Crippen LogP contribution >= 0.6 is 0 Å². The van der Waals surface area contributed by atoms with Gasteiger partial charge < -0.3 is 10.1 Å². The summed E-state index contributed by atoms with van der Waals surface area (Å²) in [6, 6.07) is -0.591. The molecule has 1 saturated carbocycles. The maximum atomic E-state index is 11.3. The highest BCUT2D eigenvalue weighted by Crippen LogP contribution is 2.27. The van der Waals surface area contributed by atoms with Crippen LogP contribution in [0.5, 0.6) is 0 Å². The molecule has 0 heterocycles. The van der Waals surface area contributed by atoms with Crippen LogP contribution < -0.4 is 10.6 Å². The topological polar surface area (TPSA) is 84.5 Å². The summed E-state index contributed by atoms with van der Waals surface area (Å²) in [7, 11) is 0. The first-order valence-corrected chi connectivity index (χ1v) is 6.06. The minimum atomic E-state index is -0.621. The van der Waals surface area contributed by atoms with Gasteiger partial charge in [-0.05, 0) is 33.6 Å². The van der Waals surface area contributed by atoms with Gasteiger partial charge in [0.25, 0.3) is 5.91 Å². The molecule has 102 valence electrons. The van der Waals surface area contributed by atoms with Crippen LogP contribution in [0.3, 0.4) is 0 Å². The Hall–Kier alpha value is -1.59. The first-order valence-electron chi connectivity index (χ1n) is 6.06. The van der Waals surface area contributed by atoms with E-state index in [2.05, 4.69) is 10.6 Å². The Bertz CT molecular complexity index is 342. The molecule has 1 rings (SSSR count). The number of carbonyl (C=O) groups is 3. The van der Waals surface area contributed by atoms with Crippen molar-refractivity contribution in [3.05, 3.63) is 0 Å². The van der Waals surface area contributed by atoms with Crippen LogP contribution in [0, 0.1) is 5.92 Å². The van der Waals surface area contributed by atoms with E-state index in [9.17, 15) is 14.4 Å². The van der Waals surface area contributed by atoms with E-state index in [-0.39, 0.29) is 11.9 Å². The van der Waals surface area contributed by atoms with Gasteiger partial charge in [0.1, 0.15) is 0 Å². The molecule has 6 heteroatoms. The van der Waals surface area contributed by atoms with Gasteiger partial charge in [-0.25, -0.2) is 4.79 Å². The van der Waals surface area contributed by atoms with Crippen LogP contribution in [-0.4, -0.2) is 30.1 Å². The molecule has 0 aromatic heterocycles. The summed E-state index contributed by atoms with van der Waals surface area (Å²) in [4.78, 5) is 34.0. The fraction of sp³-hybridized carbons (Fsp3) is 0.750. The van der Waals surface area contributed by atoms with Crippen molar-refractivity contribution in [1.82, 2.24) is 10.6 Å². The first kappa shape index (κ1) is 14.5. The predicted octanol–water partition coefficient (Wildman–Crippen LogP) is 0.954. The summed E-state index contributed by atoms with van der Waals surface area (Å²) in [6.45, 7) is 4.99. The van der Waals surface area contributed by atoms with Crippen LogP contribution in [0.4, 0.5) is 4.79 Å². The summed E-state index contributed by atoms with van der Waals surface area (Å²) in [5, 5.41) is 4.67. The molecule has 0 atom stereocenters. The van der Waals surface area contributed by atoms with E-state index < -0.39 is 24.1 Å². The highest BCUT2D eigenvalue weighted by molar-refractivity contribution is 5.95. The number of rotatable bonds is 3. The summed E-state index contributed by atoms with van der Waals surface area (Å²) in [5.74, 6) is -1.04. The Balaban J connectivity index is 2.20. The molecular formula is C12H20N2O4. The second-order valence-electron chi connectivity index (χ2n) is 5.49. The maximum absolute atomic E-state index is 11.3. The Kier molecular flexibility index (Phi) is 4.69. The summed E-state index contributed by atoms with van der Waals surface area (Å²) >= 11 is 0. The minimum absolute atomic E-state index is 0.0683. The van der Waals surface area contributed by atoms with E-state index in [0.29, 0.717) is 0 Å². The van der Waals surface area contributed by atoms with Gasteiger partial charge >= 0.3 is 12.0 Å². The lowest BCUT2D eigenvalue weighted by molar-refractivity contribution is -0.154. The normalized spacial score (nSPS) is 15.5. The number of hydrogen-bond acceptors (Lipinski definition) is 4. The van der Waals surface area contributed by atoms with E-state index in [0.717, 1.165) is 19.3 Å². The summed E-state index contributed by atoms with van der Waals surface area (Å²) in [5.41, 5.74) is -0.424. The number of urea groups is 1. The lowest BCUT2D eigenvalue weighted by Crippen LogP contribution is -2.49. The zero-order valence-corrected chi connectivity index (χ0v) is 11.0. The SMILES string of the molecule is CC(C)(C)NC(=O)NC(=O)COC(=O)C1CCC1. The molecule has 0 aliphatic heterocycles. The number of esters is 1. The monoisotopic (exact) mass is 256 g/mol. The number of carbonyl (C=O) groups excluding carboxylic acids is 3. The Morgan fingerprint density at radius 1 is 1.22 bits per heavy atom. The largest absolute Gasteiger partial charge is 0.455 e. The highest BCUT2D eigenvalue weighted by Gasteiger charge is 2.27. The Labute approximate surface area is 106 Å². The van der Waals surface area contributed by atoms with Crippen molar-refractivity contribution in [2.45, 2.75) is 45.6 Å². The quantitative estimate of drug-likeness (QED) is 0.736. The van der Waals surface area contributed by atoms with E-state index in [1.54, 1.807) is 20.8 Å². The Morgan fingerprint density at radius 2 is 1.83 bits per heavy atom. The van der Waals surface area contributed by atoms with Crippen molar-refractivity contribution in [2.75, 3.05) is 6.61 Å². The van der Waals surface area contributed by atoms with Gasteiger partial charge in [0, 0.05) is 5.54 Å². The van der Waals surface area contributed by atoms with Gasteiger partial charge in [0.2, 0.25) is 0 Å². The number of imide groups is 1. The number of ether oxygens (including phenoxy) is 1. The smallest absolute Gasteiger partial charge is 0.321 e.